The van der Waals surface area contributed by atoms with E-state index in [-0.39, 0.29) is 22.9 Å². The molecular formula is C14H10FNO3S. The molecule has 0 unspecified atom stereocenters. The first-order valence-corrected chi connectivity index (χ1v) is 6.52. The van der Waals surface area contributed by atoms with E-state index < -0.39 is 4.92 Å². The van der Waals surface area contributed by atoms with E-state index in [9.17, 15) is 19.3 Å². The highest BCUT2D eigenvalue weighted by Crippen LogP contribution is 2.32. The van der Waals surface area contributed by atoms with Crippen molar-refractivity contribution in [3.63, 3.8) is 0 Å². The number of nitrogens with zero attached hydrogens (tertiary/aromatic N) is 1. The number of nitro groups is 1. The molecule has 0 radical (unpaired) electrons. The smallest absolute Gasteiger partial charge is 0.281 e. The second-order valence-electron chi connectivity index (χ2n) is 4.05. The van der Waals surface area contributed by atoms with Crippen molar-refractivity contribution in [1.82, 2.24) is 0 Å². The molecule has 2 aromatic carbocycles. The zero-order chi connectivity index (χ0) is 14.7. The number of benzene rings is 2. The number of Topliss-reactive ketones (excluding diaryl/α,β-unsaturated/α-hetero) is 1. The Bertz CT molecular complexity index is 671. The first-order valence-electron chi connectivity index (χ1n) is 5.70. The Morgan fingerprint density at radius 1 is 1.15 bits per heavy atom. The normalized spacial score (nSPS) is 10.3. The van der Waals surface area contributed by atoms with Crippen molar-refractivity contribution < 1.29 is 14.1 Å². The molecule has 102 valence electrons. The van der Waals surface area contributed by atoms with Crippen LogP contribution in [0.25, 0.3) is 0 Å². The third-order valence-electron chi connectivity index (χ3n) is 2.59. The van der Waals surface area contributed by atoms with Crippen LogP contribution in [0.4, 0.5) is 10.1 Å². The van der Waals surface area contributed by atoms with Crippen LogP contribution in [0, 0.1) is 15.9 Å². The summed E-state index contributed by atoms with van der Waals surface area (Å²) in [5.41, 5.74) is -0.136. The highest BCUT2D eigenvalue weighted by molar-refractivity contribution is 7.99. The second-order valence-corrected chi connectivity index (χ2v) is 5.20. The maximum atomic E-state index is 12.8. The first kappa shape index (κ1) is 14.2. The van der Waals surface area contributed by atoms with Gasteiger partial charge in [0, 0.05) is 15.9 Å². The van der Waals surface area contributed by atoms with Crippen LogP contribution in [-0.4, -0.2) is 10.7 Å². The van der Waals surface area contributed by atoms with Gasteiger partial charge in [0.25, 0.3) is 5.69 Å². The maximum Gasteiger partial charge on any atom is 0.281 e. The van der Waals surface area contributed by atoms with Gasteiger partial charge in [-0.05, 0) is 43.3 Å². The van der Waals surface area contributed by atoms with Crippen molar-refractivity contribution in [2.45, 2.75) is 16.7 Å². The van der Waals surface area contributed by atoms with Crippen molar-refractivity contribution in [3.05, 3.63) is 64.0 Å². The fourth-order valence-corrected chi connectivity index (χ4v) is 2.51. The van der Waals surface area contributed by atoms with E-state index in [0.29, 0.717) is 4.90 Å². The molecule has 0 spiro atoms. The Labute approximate surface area is 118 Å². The van der Waals surface area contributed by atoms with E-state index in [0.717, 1.165) is 4.90 Å². The van der Waals surface area contributed by atoms with Crippen molar-refractivity contribution in [2.75, 3.05) is 0 Å². The molecule has 2 aromatic rings. The Morgan fingerprint density at radius 3 is 2.30 bits per heavy atom. The molecule has 4 nitrogen and oxygen atoms in total. The largest absolute Gasteiger partial charge is 0.294 e. The summed E-state index contributed by atoms with van der Waals surface area (Å²) in [6.45, 7) is 1.29. The number of carbonyl (C=O) groups excluding carboxylic acids is 1. The zero-order valence-electron chi connectivity index (χ0n) is 10.5. The van der Waals surface area contributed by atoms with E-state index in [1.54, 1.807) is 18.2 Å². The van der Waals surface area contributed by atoms with E-state index in [1.165, 1.54) is 43.0 Å². The van der Waals surface area contributed by atoms with E-state index in [2.05, 4.69) is 0 Å². The molecule has 0 saturated heterocycles. The van der Waals surface area contributed by atoms with Gasteiger partial charge in [0.2, 0.25) is 0 Å². The predicted octanol–water partition coefficient (Wildman–Crippen LogP) is 4.09. The van der Waals surface area contributed by atoms with Gasteiger partial charge in [0.1, 0.15) is 5.82 Å². The quantitative estimate of drug-likeness (QED) is 0.483. The first-order chi connectivity index (χ1) is 9.47. The molecule has 2 rings (SSSR count). The van der Waals surface area contributed by atoms with E-state index in [4.69, 9.17) is 0 Å². The number of hydrogen-bond donors (Lipinski definition) is 0. The minimum Gasteiger partial charge on any atom is -0.294 e. The number of hydrogen-bond acceptors (Lipinski definition) is 4. The minimum atomic E-state index is -0.578. The monoisotopic (exact) mass is 291 g/mol. The standard InChI is InChI=1S/C14H10FNO3S/c1-9(17)13-7-6-12(8-14(13)16(18)19)20-11-4-2-10(15)3-5-11/h2-8H,1H3. The Kier molecular flexibility index (Phi) is 4.14. The average Bonchev–Trinajstić information content (AvgIpc) is 2.41. The molecule has 0 aliphatic heterocycles. The van der Waals surface area contributed by atoms with Gasteiger partial charge in [-0.2, -0.15) is 0 Å². The Hall–Kier alpha value is -2.21. The Morgan fingerprint density at radius 2 is 1.75 bits per heavy atom. The number of rotatable bonds is 4. The van der Waals surface area contributed by atoms with Crippen LogP contribution in [0.15, 0.2) is 52.3 Å². The van der Waals surface area contributed by atoms with Gasteiger partial charge in [-0.15, -0.1) is 0 Å². The van der Waals surface area contributed by atoms with Gasteiger partial charge in [0.15, 0.2) is 5.78 Å². The topological polar surface area (TPSA) is 60.2 Å². The van der Waals surface area contributed by atoms with Crippen molar-refractivity contribution in [3.8, 4) is 0 Å². The third-order valence-corrected chi connectivity index (χ3v) is 3.59. The lowest BCUT2D eigenvalue weighted by atomic mass is 10.1. The lowest BCUT2D eigenvalue weighted by molar-refractivity contribution is -0.385. The van der Waals surface area contributed by atoms with E-state index >= 15 is 0 Å². The molecule has 0 aromatic heterocycles. The predicted molar refractivity (Wildman–Crippen MR) is 73.6 cm³/mol. The fraction of sp³-hybridized carbons (Fsp3) is 0.0714. The lowest BCUT2D eigenvalue weighted by Crippen LogP contribution is -2.00. The molecule has 20 heavy (non-hydrogen) atoms. The second kappa shape index (κ2) is 5.83. The molecule has 0 aliphatic rings. The van der Waals surface area contributed by atoms with Crippen LogP contribution in [0.3, 0.4) is 0 Å². The molecule has 0 fully saturated rings. The summed E-state index contributed by atoms with van der Waals surface area (Å²) in [5.74, 6) is -0.692. The zero-order valence-corrected chi connectivity index (χ0v) is 11.3. The summed E-state index contributed by atoms with van der Waals surface area (Å²) in [5, 5.41) is 11.0. The lowest BCUT2D eigenvalue weighted by Gasteiger charge is -2.04. The molecule has 0 N–H and O–H groups in total. The van der Waals surface area contributed by atoms with Gasteiger partial charge >= 0.3 is 0 Å². The van der Waals surface area contributed by atoms with Crippen LogP contribution >= 0.6 is 11.8 Å². The maximum absolute atomic E-state index is 12.8. The summed E-state index contributed by atoms with van der Waals surface area (Å²) < 4.78 is 12.8. The summed E-state index contributed by atoms with van der Waals surface area (Å²) in [6.07, 6.45) is 0. The van der Waals surface area contributed by atoms with Gasteiger partial charge in [0.05, 0.1) is 10.5 Å². The summed E-state index contributed by atoms with van der Waals surface area (Å²) >= 11 is 1.27. The molecule has 0 aliphatic carbocycles. The van der Waals surface area contributed by atoms with E-state index in [1.807, 2.05) is 0 Å². The molecule has 0 atom stereocenters. The number of ketones is 1. The van der Waals surface area contributed by atoms with Crippen LogP contribution < -0.4 is 0 Å². The highest BCUT2D eigenvalue weighted by Gasteiger charge is 2.18. The van der Waals surface area contributed by atoms with Crippen LogP contribution in [0.1, 0.15) is 17.3 Å². The molecule has 0 bridgehead atoms. The average molecular weight is 291 g/mol. The van der Waals surface area contributed by atoms with Crippen molar-refractivity contribution >= 4 is 23.2 Å². The summed E-state index contributed by atoms with van der Waals surface area (Å²) in [7, 11) is 0. The molecular weight excluding hydrogens is 281 g/mol. The van der Waals surface area contributed by atoms with Crippen LogP contribution in [-0.2, 0) is 0 Å². The third kappa shape index (κ3) is 3.21. The fourth-order valence-electron chi connectivity index (χ4n) is 1.66. The van der Waals surface area contributed by atoms with Gasteiger partial charge in [-0.25, -0.2) is 4.39 Å². The number of halogens is 1. The Balaban J connectivity index is 2.34. The van der Waals surface area contributed by atoms with Crippen LogP contribution in [0.5, 0.6) is 0 Å². The summed E-state index contributed by atoms with van der Waals surface area (Å²) in [6, 6.07) is 10.2. The van der Waals surface area contributed by atoms with Crippen molar-refractivity contribution in [1.29, 1.82) is 0 Å². The minimum absolute atomic E-state index is 0.0819. The SMILES string of the molecule is CC(=O)c1ccc(Sc2ccc(F)cc2)cc1[N+](=O)[O-]. The van der Waals surface area contributed by atoms with Gasteiger partial charge in [-0.3, -0.25) is 14.9 Å². The van der Waals surface area contributed by atoms with Gasteiger partial charge in [-0.1, -0.05) is 11.8 Å². The highest BCUT2D eigenvalue weighted by atomic mass is 32.2. The van der Waals surface area contributed by atoms with Crippen LogP contribution in [0.2, 0.25) is 0 Å². The summed E-state index contributed by atoms with van der Waals surface area (Å²) in [4.78, 5) is 23.1. The molecule has 0 saturated carbocycles. The van der Waals surface area contributed by atoms with Crippen molar-refractivity contribution in [2.24, 2.45) is 0 Å². The molecule has 6 heteroatoms. The molecule has 0 heterocycles. The number of nitro benzene ring substituents is 1. The number of carbonyl (C=O) groups is 1. The van der Waals surface area contributed by atoms with Gasteiger partial charge < -0.3 is 0 Å². The molecule has 0 amide bonds.